The number of aryl methyl sites for hydroxylation is 1. The van der Waals surface area contributed by atoms with Crippen LogP contribution in [0.4, 0.5) is 10.1 Å². The zero-order valence-corrected chi connectivity index (χ0v) is 21.4. The molecule has 10 heteroatoms. The molecule has 0 bridgehead atoms. The van der Waals surface area contributed by atoms with Gasteiger partial charge in [-0.15, -0.1) is 0 Å². The van der Waals surface area contributed by atoms with Crippen LogP contribution in [0.3, 0.4) is 0 Å². The van der Waals surface area contributed by atoms with E-state index < -0.39 is 21.9 Å². The molecule has 2 rings (SSSR count). The average molecular weight is 512 g/mol. The minimum atomic E-state index is -3.61. The molecule has 2 aromatic rings. The number of hydrogen-bond acceptors (Lipinski definition) is 4. The third-order valence-electron chi connectivity index (χ3n) is 5.38. The number of amides is 2. The second-order valence-corrected chi connectivity index (χ2v) is 10.4. The van der Waals surface area contributed by atoms with Crippen molar-refractivity contribution in [2.24, 2.45) is 0 Å². The van der Waals surface area contributed by atoms with Crippen molar-refractivity contribution in [1.82, 2.24) is 10.2 Å². The predicted octanol–water partition coefficient (Wildman–Crippen LogP) is 3.89. The van der Waals surface area contributed by atoms with Gasteiger partial charge in [-0.25, -0.2) is 12.8 Å². The van der Waals surface area contributed by atoms with Gasteiger partial charge in [-0.3, -0.25) is 13.9 Å². The lowest BCUT2D eigenvalue weighted by atomic mass is 10.1. The van der Waals surface area contributed by atoms with Crippen molar-refractivity contribution >= 4 is 39.1 Å². The van der Waals surface area contributed by atoms with Gasteiger partial charge in [0.05, 0.1) is 11.9 Å². The van der Waals surface area contributed by atoms with Gasteiger partial charge < -0.3 is 10.2 Å². The number of carbonyl (C=O) groups excluding carboxylic acids is 2. The minimum Gasteiger partial charge on any atom is -0.355 e. The third kappa shape index (κ3) is 7.70. The van der Waals surface area contributed by atoms with Gasteiger partial charge in [0, 0.05) is 31.1 Å². The molecule has 2 amide bonds. The maximum Gasteiger partial charge on any atom is 0.242 e. The number of hydrogen-bond donors (Lipinski definition) is 1. The number of nitrogens with zero attached hydrogens (tertiary/aromatic N) is 2. The number of anilines is 1. The van der Waals surface area contributed by atoms with E-state index in [0.717, 1.165) is 11.8 Å². The van der Waals surface area contributed by atoms with Crippen molar-refractivity contribution in [3.05, 3.63) is 64.4 Å². The van der Waals surface area contributed by atoms with Crippen LogP contribution >= 0.6 is 11.6 Å². The van der Waals surface area contributed by atoms with Crippen molar-refractivity contribution in [2.45, 2.75) is 46.2 Å². The van der Waals surface area contributed by atoms with E-state index in [-0.39, 0.29) is 37.7 Å². The van der Waals surface area contributed by atoms with Crippen molar-refractivity contribution in [3.8, 4) is 0 Å². The first kappa shape index (κ1) is 27.6. The Kier molecular flexibility index (Phi) is 9.88. The lowest BCUT2D eigenvalue weighted by Gasteiger charge is -2.29. The molecule has 0 saturated heterocycles. The summed E-state index contributed by atoms with van der Waals surface area (Å²) >= 11 is 6.07. The molecule has 0 saturated carbocycles. The second-order valence-electron chi connectivity index (χ2n) is 8.09. The lowest BCUT2D eigenvalue weighted by Crippen LogP contribution is -2.47. The van der Waals surface area contributed by atoms with Gasteiger partial charge in [0.1, 0.15) is 11.9 Å². The molecule has 1 N–H and O–H groups in total. The van der Waals surface area contributed by atoms with Crippen molar-refractivity contribution in [3.63, 3.8) is 0 Å². The summed E-state index contributed by atoms with van der Waals surface area (Å²) in [6, 6.07) is 9.97. The van der Waals surface area contributed by atoms with Gasteiger partial charge in [0.25, 0.3) is 0 Å². The molecular weight excluding hydrogens is 481 g/mol. The Morgan fingerprint density at radius 3 is 2.38 bits per heavy atom. The highest BCUT2D eigenvalue weighted by molar-refractivity contribution is 7.92. The number of nitrogens with one attached hydrogen (secondary N) is 1. The van der Waals surface area contributed by atoms with Crippen LogP contribution in [-0.2, 0) is 26.2 Å². The van der Waals surface area contributed by atoms with E-state index in [1.54, 1.807) is 51.1 Å². The summed E-state index contributed by atoms with van der Waals surface area (Å²) in [6.45, 7) is 5.82. The zero-order chi connectivity index (χ0) is 25.5. The van der Waals surface area contributed by atoms with E-state index in [4.69, 9.17) is 11.6 Å². The third-order valence-corrected chi connectivity index (χ3v) is 6.79. The maximum atomic E-state index is 13.3. The number of halogens is 2. The highest BCUT2D eigenvalue weighted by Gasteiger charge is 2.26. The molecule has 0 aromatic heterocycles. The van der Waals surface area contributed by atoms with Gasteiger partial charge in [-0.1, -0.05) is 29.8 Å². The first-order valence-electron chi connectivity index (χ1n) is 11.0. The molecule has 7 nitrogen and oxygen atoms in total. The van der Waals surface area contributed by atoms with Crippen LogP contribution in [0.1, 0.15) is 37.8 Å². The van der Waals surface area contributed by atoms with Gasteiger partial charge in [-0.05, 0) is 62.6 Å². The number of benzene rings is 2. The average Bonchev–Trinajstić information content (AvgIpc) is 2.77. The van der Waals surface area contributed by atoms with Crippen molar-refractivity contribution in [2.75, 3.05) is 23.7 Å². The number of carbonyl (C=O) groups is 2. The van der Waals surface area contributed by atoms with Gasteiger partial charge >= 0.3 is 0 Å². The molecule has 0 radical (unpaired) electrons. The monoisotopic (exact) mass is 511 g/mol. The van der Waals surface area contributed by atoms with E-state index in [9.17, 15) is 22.4 Å². The smallest absolute Gasteiger partial charge is 0.242 e. The Morgan fingerprint density at radius 2 is 1.79 bits per heavy atom. The molecule has 2 aromatic carbocycles. The summed E-state index contributed by atoms with van der Waals surface area (Å²) in [6.07, 6.45) is 1.36. The number of likely N-dealkylation sites (N-methyl/N-ethyl adjacent to an activating group) is 1. The molecule has 0 unspecified atom stereocenters. The van der Waals surface area contributed by atoms with Crippen LogP contribution in [0.5, 0.6) is 0 Å². The molecule has 0 fully saturated rings. The highest BCUT2D eigenvalue weighted by Crippen LogP contribution is 2.27. The predicted molar refractivity (Wildman–Crippen MR) is 133 cm³/mol. The van der Waals surface area contributed by atoms with Gasteiger partial charge in [0.15, 0.2) is 0 Å². The molecule has 34 heavy (non-hydrogen) atoms. The Bertz CT molecular complexity index is 1110. The molecule has 0 aliphatic heterocycles. The summed E-state index contributed by atoms with van der Waals surface area (Å²) in [7, 11) is -3.61. The van der Waals surface area contributed by atoms with Crippen molar-refractivity contribution in [1.29, 1.82) is 0 Å². The normalized spacial score (nSPS) is 12.2. The van der Waals surface area contributed by atoms with Crippen LogP contribution < -0.4 is 9.62 Å². The Hall–Kier alpha value is -2.65. The van der Waals surface area contributed by atoms with Crippen LogP contribution in [0, 0.1) is 12.7 Å². The Morgan fingerprint density at radius 1 is 1.15 bits per heavy atom. The van der Waals surface area contributed by atoms with Gasteiger partial charge in [0.2, 0.25) is 21.8 Å². The summed E-state index contributed by atoms with van der Waals surface area (Å²) in [4.78, 5) is 27.0. The van der Waals surface area contributed by atoms with Crippen molar-refractivity contribution < 1.29 is 22.4 Å². The fourth-order valence-corrected chi connectivity index (χ4v) is 4.71. The van der Waals surface area contributed by atoms with Crippen LogP contribution in [-0.4, -0.2) is 50.5 Å². The number of rotatable bonds is 11. The fourth-order valence-electron chi connectivity index (χ4n) is 3.52. The SMILES string of the molecule is CCNC(=O)[C@H](C)N(Cc1ccc(F)cc1)C(=O)CCCN(c1cc(Cl)ccc1C)S(C)(=O)=O. The molecule has 0 heterocycles. The number of sulfonamides is 1. The van der Waals surface area contributed by atoms with E-state index in [1.807, 2.05) is 0 Å². The summed E-state index contributed by atoms with van der Waals surface area (Å²) in [5.74, 6) is -1.000. The fraction of sp³-hybridized carbons (Fsp3) is 0.417. The minimum absolute atomic E-state index is 0.0244. The first-order valence-corrected chi connectivity index (χ1v) is 13.2. The molecule has 1 atom stereocenters. The Balaban J connectivity index is 2.18. The molecule has 186 valence electrons. The van der Waals surface area contributed by atoms with Gasteiger partial charge in [-0.2, -0.15) is 0 Å². The zero-order valence-electron chi connectivity index (χ0n) is 19.8. The molecule has 0 aliphatic carbocycles. The largest absolute Gasteiger partial charge is 0.355 e. The molecule has 0 aliphatic rings. The molecular formula is C24H31ClFN3O4S. The van der Waals surface area contributed by atoms with Crippen LogP contribution in [0.25, 0.3) is 0 Å². The first-order chi connectivity index (χ1) is 15.9. The van der Waals surface area contributed by atoms with Crippen LogP contribution in [0.2, 0.25) is 5.02 Å². The summed E-state index contributed by atoms with van der Waals surface area (Å²) < 4.78 is 39.4. The maximum absolute atomic E-state index is 13.3. The standard InChI is InChI=1S/C24H31ClFN3O4S/c1-5-27-24(31)18(3)28(16-19-9-12-21(26)13-10-19)23(30)7-6-14-29(34(4,32)33)22-15-20(25)11-8-17(22)2/h8-13,15,18H,5-7,14,16H2,1-4H3,(H,27,31)/t18-/m0/s1. The lowest BCUT2D eigenvalue weighted by molar-refractivity contribution is -0.140. The quantitative estimate of drug-likeness (QED) is 0.496. The summed E-state index contributed by atoms with van der Waals surface area (Å²) in [5, 5.41) is 3.12. The van der Waals surface area contributed by atoms with E-state index >= 15 is 0 Å². The van der Waals surface area contributed by atoms with E-state index in [0.29, 0.717) is 22.8 Å². The van der Waals surface area contributed by atoms with E-state index in [2.05, 4.69) is 5.32 Å². The summed E-state index contributed by atoms with van der Waals surface area (Å²) in [5.41, 5.74) is 1.88. The Labute approximate surface area is 205 Å². The highest BCUT2D eigenvalue weighted by atomic mass is 35.5. The second kappa shape index (κ2) is 12.2. The van der Waals surface area contributed by atoms with E-state index in [1.165, 1.54) is 21.3 Å². The topological polar surface area (TPSA) is 86.8 Å². The molecule has 0 spiro atoms. The van der Waals surface area contributed by atoms with Crippen LogP contribution in [0.15, 0.2) is 42.5 Å².